The average Bonchev–Trinajstić information content (AvgIpc) is 3.07. The summed E-state index contributed by atoms with van der Waals surface area (Å²) in [4.78, 5) is 25.3. The lowest BCUT2D eigenvalue weighted by Crippen LogP contribution is -2.25. The van der Waals surface area contributed by atoms with Crippen LogP contribution in [0.25, 0.3) is 11.8 Å². The van der Waals surface area contributed by atoms with Crippen LogP contribution in [0.4, 0.5) is 11.4 Å². The number of nitrogens with zero attached hydrogens (tertiary/aromatic N) is 2. The van der Waals surface area contributed by atoms with E-state index in [0.29, 0.717) is 32.4 Å². The quantitative estimate of drug-likeness (QED) is 0.295. The minimum atomic E-state index is -0.584. The van der Waals surface area contributed by atoms with Crippen molar-refractivity contribution in [3.63, 3.8) is 0 Å². The van der Waals surface area contributed by atoms with Crippen LogP contribution in [0.2, 0.25) is 10.0 Å². The number of halogens is 2. The number of carbonyl (C=O) groups excluding carboxylic acids is 1. The standard InChI is InChI=1S/C23H14Cl2N2O4/c24-17-7-6-15(19(25)12-17)10-16-11-20(14-4-2-1-3-5-14)26(23(16)29)21-13-18(27(30)31)8-9-22(21)28/h1-13,28H/b16-10+. The number of anilines is 1. The van der Waals surface area contributed by atoms with Crippen LogP contribution < -0.4 is 4.90 Å². The first-order chi connectivity index (χ1) is 14.8. The first kappa shape index (κ1) is 20.7. The normalized spacial score (nSPS) is 14.8. The molecule has 0 unspecified atom stereocenters. The minimum Gasteiger partial charge on any atom is -0.506 e. The van der Waals surface area contributed by atoms with Crippen molar-refractivity contribution in [2.24, 2.45) is 0 Å². The van der Waals surface area contributed by atoms with E-state index in [2.05, 4.69) is 0 Å². The molecule has 1 aliphatic rings. The lowest BCUT2D eigenvalue weighted by molar-refractivity contribution is -0.384. The highest BCUT2D eigenvalue weighted by Gasteiger charge is 2.33. The van der Waals surface area contributed by atoms with Crippen molar-refractivity contribution in [3.05, 3.63) is 110 Å². The van der Waals surface area contributed by atoms with Crippen molar-refractivity contribution in [3.8, 4) is 5.75 Å². The second kappa shape index (κ2) is 8.26. The topological polar surface area (TPSA) is 83.7 Å². The maximum absolute atomic E-state index is 13.4. The van der Waals surface area contributed by atoms with Crippen LogP contribution in [0.1, 0.15) is 11.1 Å². The smallest absolute Gasteiger partial charge is 0.271 e. The third kappa shape index (κ3) is 4.03. The van der Waals surface area contributed by atoms with Crippen LogP contribution >= 0.6 is 23.2 Å². The zero-order chi connectivity index (χ0) is 22.1. The molecule has 0 bridgehead atoms. The Morgan fingerprint density at radius 3 is 2.42 bits per heavy atom. The SMILES string of the molecule is O=C1/C(=C/c2ccc(Cl)cc2Cl)C=C(c2ccccc2)N1c1cc([N+](=O)[O-])ccc1O. The summed E-state index contributed by atoms with van der Waals surface area (Å²) in [5.74, 6) is -0.716. The number of benzene rings is 3. The maximum Gasteiger partial charge on any atom is 0.271 e. The predicted molar refractivity (Wildman–Crippen MR) is 121 cm³/mol. The molecule has 3 aromatic rings. The fourth-order valence-corrected chi connectivity index (χ4v) is 3.73. The summed E-state index contributed by atoms with van der Waals surface area (Å²) < 4.78 is 0. The van der Waals surface area contributed by atoms with Gasteiger partial charge in [0, 0.05) is 27.8 Å². The molecular formula is C23H14Cl2N2O4. The van der Waals surface area contributed by atoms with Crippen LogP contribution in [0.5, 0.6) is 5.75 Å². The molecule has 1 aliphatic heterocycles. The largest absolute Gasteiger partial charge is 0.506 e. The van der Waals surface area contributed by atoms with Gasteiger partial charge in [0.1, 0.15) is 5.75 Å². The van der Waals surface area contributed by atoms with E-state index >= 15 is 0 Å². The summed E-state index contributed by atoms with van der Waals surface area (Å²) >= 11 is 12.2. The van der Waals surface area contributed by atoms with E-state index in [1.165, 1.54) is 23.1 Å². The van der Waals surface area contributed by atoms with Gasteiger partial charge < -0.3 is 5.11 Å². The fourth-order valence-electron chi connectivity index (χ4n) is 3.27. The molecule has 0 saturated heterocycles. The number of non-ortho nitro benzene ring substituents is 1. The van der Waals surface area contributed by atoms with Gasteiger partial charge in [-0.25, -0.2) is 0 Å². The van der Waals surface area contributed by atoms with Gasteiger partial charge in [-0.3, -0.25) is 19.8 Å². The molecule has 1 heterocycles. The number of carbonyl (C=O) groups is 1. The highest BCUT2D eigenvalue weighted by molar-refractivity contribution is 6.35. The third-order valence-electron chi connectivity index (χ3n) is 4.74. The Morgan fingerprint density at radius 1 is 1.00 bits per heavy atom. The van der Waals surface area contributed by atoms with Crippen LogP contribution in [-0.4, -0.2) is 15.9 Å². The Hall–Kier alpha value is -3.61. The molecule has 1 N–H and O–H groups in total. The molecule has 0 fully saturated rings. The Morgan fingerprint density at radius 2 is 1.74 bits per heavy atom. The number of hydrogen-bond donors (Lipinski definition) is 1. The number of amides is 1. The van der Waals surface area contributed by atoms with Gasteiger partial charge in [-0.1, -0.05) is 59.6 Å². The zero-order valence-corrected chi connectivity index (χ0v) is 17.3. The molecule has 4 rings (SSSR count). The third-order valence-corrected chi connectivity index (χ3v) is 5.30. The van der Waals surface area contributed by atoms with Crippen LogP contribution in [0, 0.1) is 10.1 Å². The fraction of sp³-hybridized carbons (Fsp3) is 0. The summed E-state index contributed by atoms with van der Waals surface area (Å²) in [5, 5.41) is 22.5. The Bertz CT molecular complexity index is 1270. The average molecular weight is 453 g/mol. The van der Waals surface area contributed by atoms with Crippen LogP contribution in [0.3, 0.4) is 0 Å². The molecule has 0 aliphatic carbocycles. The predicted octanol–water partition coefficient (Wildman–Crippen LogP) is 6.08. The highest BCUT2D eigenvalue weighted by atomic mass is 35.5. The summed E-state index contributed by atoms with van der Waals surface area (Å²) in [6.45, 7) is 0. The highest BCUT2D eigenvalue weighted by Crippen LogP contribution is 2.41. The number of phenols is 1. The molecule has 154 valence electrons. The summed E-state index contributed by atoms with van der Waals surface area (Å²) in [7, 11) is 0. The van der Waals surface area contributed by atoms with E-state index < -0.39 is 10.8 Å². The van der Waals surface area contributed by atoms with Crippen molar-refractivity contribution < 1.29 is 14.8 Å². The van der Waals surface area contributed by atoms with Gasteiger partial charge in [-0.2, -0.15) is 0 Å². The number of aromatic hydroxyl groups is 1. The van der Waals surface area contributed by atoms with Gasteiger partial charge >= 0.3 is 0 Å². The number of rotatable bonds is 4. The Labute approximate surface area is 187 Å². The monoisotopic (exact) mass is 452 g/mol. The number of phenolic OH excluding ortho intramolecular Hbond substituents is 1. The first-order valence-corrected chi connectivity index (χ1v) is 9.86. The van der Waals surface area contributed by atoms with Gasteiger partial charge in [0.2, 0.25) is 0 Å². The lowest BCUT2D eigenvalue weighted by atomic mass is 10.1. The molecule has 0 aromatic heterocycles. The van der Waals surface area contributed by atoms with Crippen molar-refractivity contribution in [2.45, 2.75) is 0 Å². The van der Waals surface area contributed by atoms with Crippen molar-refractivity contribution in [1.82, 2.24) is 0 Å². The second-order valence-corrected chi connectivity index (χ2v) is 7.58. The molecule has 0 saturated carbocycles. The van der Waals surface area contributed by atoms with Gasteiger partial charge in [-0.05, 0) is 41.5 Å². The zero-order valence-electron chi connectivity index (χ0n) is 15.8. The maximum atomic E-state index is 13.4. The van der Waals surface area contributed by atoms with E-state index in [1.807, 2.05) is 18.2 Å². The number of nitro groups is 1. The van der Waals surface area contributed by atoms with Crippen molar-refractivity contribution in [1.29, 1.82) is 0 Å². The summed E-state index contributed by atoms with van der Waals surface area (Å²) in [5.41, 5.74) is 1.83. The van der Waals surface area contributed by atoms with E-state index in [0.717, 1.165) is 0 Å². The van der Waals surface area contributed by atoms with E-state index in [-0.39, 0.29) is 17.1 Å². The van der Waals surface area contributed by atoms with Gasteiger partial charge in [0.15, 0.2) is 0 Å². The lowest BCUT2D eigenvalue weighted by Gasteiger charge is -2.21. The molecule has 31 heavy (non-hydrogen) atoms. The van der Waals surface area contributed by atoms with Crippen molar-refractivity contribution >= 4 is 52.3 Å². The molecule has 1 amide bonds. The van der Waals surface area contributed by atoms with Crippen LogP contribution in [0.15, 0.2) is 78.4 Å². The summed E-state index contributed by atoms with van der Waals surface area (Å²) in [6, 6.07) is 17.5. The van der Waals surface area contributed by atoms with Crippen LogP contribution in [-0.2, 0) is 4.79 Å². The number of nitro benzene ring substituents is 1. The Kier molecular flexibility index (Phi) is 5.50. The van der Waals surface area contributed by atoms with E-state index in [9.17, 15) is 20.0 Å². The van der Waals surface area contributed by atoms with Gasteiger partial charge in [0.25, 0.3) is 11.6 Å². The first-order valence-electron chi connectivity index (χ1n) is 9.11. The summed E-state index contributed by atoms with van der Waals surface area (Å²) in [6.07, 6.45) is 3.26. The molecule has 6 nitrogen and oxygen atoms in total. The van der Waals surface area contributed by atoms with Gasteiger partial charge in [-0.15, -0.1) is 0 Å². The molecule has 3 aromatic carbocycles. The van der Waals surface area contributed by atoms with Crippen molar-refractivity contribution in [2.75, 3.05) is 4.90 Å². The Balaban J connectivity index is 1.88. The second-order valence-electron chi connectivity index (χ2n) is 6.73. The molecule has 0 spiro atoms. The minimum absolute atomic E-state index is 0.0138. The van der Waals surface area contributed by atoms with E-state index in [1.54, 1.807) is 42.5 Å². The number of hydrogen-bond acceptors (Lipinski definition) is 4. The van der Waals surface area contributed by atoms with Gasteiger partial charge in [0.05, 0.1) is 16.3 Å². The molecular weight excluding hydrogens is 439 g/mol. The van der Waals surface area contributed by atoms with E-state index in [4.69, 9.17) is 23.2 Å². The molecule has 0 radical (unpaired) electrons. The molecule has 8 heteroatoms. The molecule has 0 atom stereocenters.